The van der Waals surface area contributed by atoms with Crippen LogP contribution in [0.1, 0.15) is 36.5 Å². The van der Waals surface area contributed by atoms with Gasteiger partial charge in [0.1, 0.15) is 24.3 Å². The molecule has 9 nitrogen and oxygen atoms in total. The van der Waals surface area contributed by atoms with Crippen molar-refractivity contribution >= 4 is 29.2 Å². The number of likely N-dealkylation sites (N-methyl/N-ethyl adjacent to an activating group) is 1. The Morgan fingerprint density at radius 3 is 2.54 bits per heavy atom. The number of nitrogens with zero attached hydrogens (tertiary/aromatic N) is 1. The zero-order valence-corrected chi connectivity index (χ0v) is 19.7. The SMILES string of the molecule is CCNC(=O)C[C@H]1CC[C@H]2[C@@H](COc3ccc(NC(=O)Nc4ccc(F)cc4)cc3C(=O)N2C)O1. The third kappa shape index (κ3) is 5.89. The molecule has 0 unspecified atom stereocenters. The summed E-state index contributed by atoms with van der Waals surface area (Å²) in [5, 5.41) is 8.09. The van der Waals surface area contributed by atoms with E-state index in [0.29, 0.717) is 42.1 Å². The molecule has 35 heavy (non-hydrogen) atoms. The van der Waals surface area contributed by atoms with Crippen LogP contribution in [0.4, 0.5) is 20.6 Å². The van der Waals surface area contributed by atoms with E-state index in [1.165, 1.54) is 24.3 Å². The molecule has 3 N–H and O–H groups in total. The monoisotopic (exact) mass is 484 g/mol. The molecule has 0 radical (unpaired) electrons. The van der Waals surface area contributed by atoms with Crippen LogP contribution in [0.3, 0.4) is 0 Å². The highest BCUT2D eigenvalue weighted by atomic mass is 19.1. The zero-order chi connectivity index (χ0) is 24.9. The standard InChI is InChI=1S/C25H29FN4O5/c1-3-27-23(31)13-18-9-10-20-22(35-18)14-34-21-11-8-17(12-19(21)24(32)30(20)2)29-25(33)28-16-6-4-15(26)5-7-16/h4-8,11-12,18,20,22H,3,9-10,13-14H2,1-2H3,(H,27,31)(H2,28,29,33)/t18-,20+,22-/m1/s1. The quantitative estimate of drug-likeness (QED) is 0.603. The molecule has 10 heteroatoms. The Hall–Kier alpha value is -3.66. The van der Waals surface area contributed by atoms with Crippen molar-refractivity contribution in [1.29, 1.82) is 0 Å². The number of urea groups is 1. The number of hydrogen-bond acceptors (Lipinski definition) is 5. The molecule has 2 aliphatic heterocycles. The Bertz CT molecular complexity index is 1090. The molecular formula is C25H29FN4O5. The van der Waals surface area contributed by atoms with Crippen LogP contribution in [-0.2, 0) is 9.53 Å². The smallest absolute Gasteiger partial charge is 0.323 e. The fraction of sp³-hybridized carbons (Fsp3) is 0.400. The first kappa shape index (κ1) is 24.5. The first-order valence-corrected chi connectivity index (χ1v) is 11.6. The van der Waals surface area contributed by atoms with Crippen LogP contribution in [-0.4, -0.2) is 61.2 Å². The van der Waals surface area contributed by atoms with Gasteiger partial charge in [-0.25, -0.2) is 9.18 Å². The molecule has 4 rings (SSSR count). The fourth-order valence-corrected chi connectivity index (χ4v) is 4.41. The van der Waals surface area contributed by atoms with E-state index >= 15 is 0 Å². The molecular weight excluding hydrogens is 455 g/mol. The summed E-state index contributed by atoms with van der Waals surface area (Å²) in [5.74, 6) is -0.313. The molecule has 2 aromatic rings. The number of ether oxygens (including phenoxy) is 2. The van der Waals surface area contributed by atoms with Crippen molar-refractivity contribution in [2.45, 2.75) is 44.4 Å². The van der Waals surface area contributed by atoms with Gasteiger partial charge in [-0.3, -0.25) is 9.59 Å². The third-order valence-electron chi connectivity index (χ3n) is 6.16. The van der Waals surface area contributed by atoms with Crippen molar-refractivity contribution in [1.82, 2.24) is 10.2 Å². The Morgan fingerprint density at radius 1 is 1.09 bits per heavy atom. The molecule has 4 amide bonds. The molecule has 3 atom stereocenters. The minimum absolute atomic E-state index is 0.0546. The van der Waals surface area contributed by atoms with Gasteiger partial charge in [-0.05, 0) is 62.2 Å². The maximum Gasteiger partial charge on any atom is 0.323 e. The second kappa shape index (κ2) is 10.7. The van der Waals surface area contributed by atoms with Gasteiger partial charge in [0.2, 0.25) is 5.91 Å². The van der Waals surface area contributed by atoms with Gasteiger partial charge < -0.3 is 30.3 Å². The highest BCUT2D eigenvalue weighted by Crippen LogP contribution is 2.32. The van der Waals surface area contributed by atoms with Crippen LogP contribution in [0.5, 0.6) is 5.75 Å². The number of benzene rings is 2. The van der Waals surface area contributed by atoms with Gasteiger partial charge in [-0.2, -0.15) is 0 Å². The maximum atomic E-state index is 13.3. The van der Waals surface area contributed by atoms with E-state index in [1.807, 2.05) is 6.92 Å². The highest BCUT2D eigenvalue weighted by molar-refractivity contribution is 6.02. The lowest BCUT2D eigenvalue weighted by atomic mass is 9.94. The zero-order valence-electron chi connectivity index (χ0n) is 19.7. The molecule has 1 saturated heterocycles. The molecule has 0 saturated carbocycles. The summed E-state index contributed by atoms with van der Waals surface area (Å²) < 4.78 is 25.2. The van der Waals surface area contributed by atoms with E-state index in [-0.39, 0.29) is 43.1 Å². The molecule has 2 aliphatic rings. The first-order valence-electron chi connectivity index (χ1n) is 11.6. The summed E-state index contributed by atoms with van der Waals surface area (Å²) in [6.45, 7) is 2.67. The predicted molar refractivity (Wildman–Crippen MR) is 128 cm³/mol. The van der Waals surface area contributed by atoms with Crippen LogP contribution in [0.2, 0.25) is 0 Å². The van der Waals surface area contributed by atoms with Gasteiger partial charge in [0.25, 0.3) is 5.91 Å². The third-order valence-corrected chi connectivity index (χ3v) is 6.16. The summed E-state index contributed by atoms with van der Waals surface area (Å²) in [5.41, 5.74) is 1.17. The number of hydrogen-bond donors (Lipinski definition) is 3. The Morgan fingerprint density at radius 2 is 1.80 bits per heavy atom. The van der Waals surface area contributed by atoms with Gasteiger partial charge in [0.05, 0.1) is 24.1 Å². The summed E-state index contributed by atoms with van der Waals surface area (Å²) in [6.07, 6.45) is 1.05. The second-order valence-corrected chi connectivity index (χ2v) is 8.62. The minimum Gasteiger partial charge on any atom is -0.490 e. The van der Waals surface area contributed by atoms with Gasteiger partial charge in [0, 0.05) is 25.0 Å². The molecule has 0 bridgehead atoms. The maximum absolute atomic E-state index is 13.3. The second-order valence-electron chi connectivity index (χ2n) is 8.62. The van der Waals surface area contributed by atoms with Crippen LogP contribution in [0.15, 0.2) is 42.5 Å². The van der Waals surface area contributed by atoms with E-state index < -0.39 is 11.8 Å². The summed E-state index contributed by atoms with van der Waals surface area (Å²) in [7, 11) is 1.73. The topological polar surface area (TPSA) is 109 Å². The Balaban J connectivity index is 1.44. The molecule has 0 spiro atoms. The summed E-state index contributed by atoms with van der Waals surface area (Å²) >= 11 is 0. The lowest BCUT2D eigenvalue weighted by molar-refractivity contribution is -0.133. The van der Waals surface area contributed by atoms with Gasteiger partial charge in [0.15, 0.2) is 0 Å². The minimum atomic E-state index is -0.525. The molecule has 1 fully saturated rings. The number of halogens is 1. The first-order chi connectivity index (χ1) is 16.8. The van der Waals surface area contributed by atoms with Crippen molar-refractivity contribution < 1.29 is 28.2 Å². The highest BCUT2D eigenvalue weighted by Gasteiger charge is 2.39. The van der Waals surface area contributed by atoms with E-state index in [2.05, 4.69) is 16.0 Å². The van der Waals surface area contributed by atoms with Crippen molar-refractivity contribution in [3.05, 3.63) is 53.8 Å². The number of fused-ring (bicyclic) bond motifs is 2. The Kier molecular flexibility index (Phi) is 7.50. The van der Waals surface area contributed by atoms with Crippen LogP contribution >= 0.6 is 0 Å². The number of carbonyl (C=O) groups excluding carboxylic acids is 3. The predicted octanol–water partition coefficient (Wildman–Crippen LogP) is 3.38. The van der Waals surface area contributed by atoms with Crippen molar-refractivity contribution in [2.75, 3.05) is 30.8 Å². The van der Waals surface area contributed by atoms with E-state index in [1.54, 1.807) is 30.1 Å². The van der Waals surface area contributed by atoms with Crippen LogP contribution in [0.25, 0.3) is 0 Å². The Labute approximate surface area is 203 Å². The molecule has 2 aromatic carbocycles. The van der Waals surface area contributed by atoms with Gasteiger partial charge in [-0.15, -0.1) is 0 Å². The van der Waals surface area contributed by atoms with Crippen LogP contribution in [0, 0.1) is 5.82 Å². The van der Waals surface area contributed by atoms with Gasteiger partial charge >= 0.3 is 6.03 Å². The molecule has 186 valence electrons. The number of nitrogens with one attached hydrogen (secondary N) is 3. The average molecular weight is 485 g/mol. The largest absolute Gasteiger partial charge is 0.490 e. The average Bonchev–Trinajstić information content (AvgIpc) is 2.83. The number of anilines is 2. The van der Waals surface area contributed by atoms with Crippen molar-refractivity contribution in [3.63, 3.8) is 0 Å². The van der Waals surface area contributed by atoms with E-state index in [9.17, 15) is 18.8 Å². The lowest BCUT2D eigenvalue weighted by Gasteiger charge is -2.42. The molecule has 0 aliphatic carbocycles. The van der Waals surface area contributed by atoms with Crippen molar-refractivity contribution in [3.8, 4) is 5.75 Å². The molecule has 2 heterocycles. The molecule has 0 aromatic heterocycles. The summed E-state index contributed by atoms with van der Waals surface area (Å²) in [4.78, 5) is 39.3. The number of carbonyl (C=O) groups is 3. The van der Waals surface area contributed by atoms with E-state index in [0.717, 1.165) is 0 Å². The van der Waals surface area contributed by atoms with Gasteiger partial charge in [-0.1, -0.05) is 0 Å². The fourth-order valence-electron chi connectivity index (χ4n) is 4.41. The lowest BCUT2D eigenvalue weighted by Crippen LogP contribution is -2.54. The van der Waals surface area contributed by atoms with Crippen LogP contribution < -0.4 is 20.7 Å². The number of rotatable bonds is 5. The number of amides is 4. The van der Waals surface area contributed by atoms with Crippen molar-refractivity contribution in [2.24, 2.45) is 0 Å². The summed E-state index contributed by atoms with van der Waals surface area (Å²) in [6, 6.07) is 9.51. The normalized spacial score (nSPS) is 21.5. The van der Waals surface area contributed by atoms with E-state index in [4.69, 9.17) is 9.47 Å².